The maximum atomic E-state index is 12.0. The van der Waals surface area contributed by atoms with Crippen LogP contribution < -0.4 is 0 Å². The average molecular weight is 385 g/mol. The molecule has 7 atom stereocenters. The van der Waals surface area contributed by atoms with E-state index in [0.29, 0.717) is 24.2 Å². The summed E-state index contributed by atoms with van der Waals surface area (Å²) >= 11 is 0. The lowest BCUT2D eigenvalue weighted by Gasteiger charge is -2.57. The first kappa shape index (κ1) is 18.4. The zero-order valence-corrected chi connectivity index (χ0v) is 17.3. The third-order valence-corrected chi connectivity index (χ3v) is 9.27. The van der Waals surface area contributed by atoms with Gasteiger partial charge >= 0.3 is 11.9 Å². The summed E-state index contributed by atoms with van der Waals surface area (Å²) in [5.74, 6) is 1.60. The molecule has 1 aliphatic heterocycles. The van der Waals surface area contributed by atoms with Gasteiger partial charge in [0.1, 0.15) is 11.7 Å². The van der Waals surface area contributed by atoms with Crippen molar-refractivity contribution in [2.45, 2.75) is 83.8 Å². The fraction of sp³-hybridized carbons (Fsp3) is 0.750. The van der Waals surface area contributed by atoms with Crippen LogP contribution in [0.3, 0.4) is 0 Å². The Hall–Kier alpha value is -1.58. The lowest BCUT2D eigenvalue weighted by atomic mass is 9.48. The zero-order chi connectivity index (χ0) is 19.7. The lowest BCUT2D eigenvalue weighted by Crippen LogP contribution is -2.53. The molecule has 28 heavy (non-hydrogen) atoms. The van der Waals surface area contributed by atoms with Gasteiger partial charge in [0.15, 0.2) is 0 Å². The third kappa shape index (κ3) is 2.35. The molecule has 0 aromatic carbocycles. The Kier molecular flexibility index (Phi) is 3.93. The number of hydrogen-bond donors (Lipinski definition) is 0. The monoisotopic (exact) mass is 384 g/mol. The molecule has 4 nitrogen and oxygen atoms in total. The van der Waals surface area contributed by atoms with Gasteiger partial charge in [-0.2, -0.15) is 0 Å². The van der Waals surface area contributed by atoms with E-state index in [9.17, 15) is 9.59 Å². The first-order chi connectivity index (χ1) is 13.3. The summed E-state index contributed by atoms with van der Waals surface area (Å²) in [6.45, 7) is 6.32. The third-order valence-electron chi connectivity index (χ3n) is 9.27. The summed E-state index contributed by atoms with van der Waals surface area (Å²) in [5, 5.41) is 0. The topological polar surface area (TPSA) is 52.6 Å². The molecule has 152 valence electrons. The Bertz CT molecular complexity index is 781. The number of fused-ring (bicyclic) bond motifs is 6. The van der Waals surface area contributed by atoms with Crippen molar-refractivity contribution in [3.05, 3.63) is 23.8 Å². The van der Waals surface area contributed by atoms with E-state index >= 15 is 0 Å². The molecule has 5 aliphatic rings. The van der Waals surface area contributed by atoms with Gasteiger partial charge < -0.3 is 9.47 Å². The molecule has 5 rings (SSSR count). The minimum Gasteiger partial charge on any atom is -0.458 e. The Morgan fingerprint density at radius 1 is 1.11 bits per heavy atom. The molecule has 0 amide bonds. The summed E-state index contributed by atoms with van der Waals surface area (Å²) in [6.07, 6.45) is 14.9. The van der Waals surface area contributed by atoms with Crippen LogP contribution in [0.4, 0.5) is 0 Å². The van der Waals surface area contributed by atoms with Crippen molar-refractivity contribution in [2.24, 2.45) is 28.6 Å². The van der Waals surface area contributed by atoms with Gasteiger partial charge in [0.25, 0.3) is 0 Å². The van der Waals surface area contributed by atoms with Crippen LogP contribution in [0.1, 0.15) is 72.1 Å². The van der Waals surface area contributed by atoms with Crippen molar-refractivity contribution in [3.8, 4) is 0 Å². The molecule has 3 fully saturated rings. The van der Waals surface area contributed by atoms with E-state index in [0.717, 1.165) is 32.1 Å². The highest BCUT2D eigenvalue weighted by Crippen LogP contribution is 2.68. The summed E-state index contributed by atoms with van der Waals surface area (Å²) in [4.78, 5) is 23.4. The quantitative estimate of drug-likeness (QED) is 0.613. The molecular formula is C24H32O4. The van der Waals surface area contributed by atoms with E-state index < -0.39 is 0 Å². The van der Waals surface area contributed by atoms with Gasteiger partial charge in [0.2, 0.25) is 0 Å². The first-order valence-electron chi connectivity index (χ1n) is 11.1. The van der Waals surface area contributed by atoms with Gasteiger partial charge in [-0.05, 0) is 79.8 Å². The minimum absolute atomic E-state index is 0.00385. The molecule has 0 radical (unpaired) electrons. The molecule has 0 bridgehead atoms. The summed E-state index contributed by atoms with van der Waals surface area (Å²) in [6, 6.07) is 0. The highest BCUT2D eigenvalue weighted by molar-refractivity contribution is 5.72. The normalized spacial score (nSPS) is 49.1. The van der Waals surface area contributed by atoms with Crippen molar-refractivity contribution in [3.63, 3.8) is 0 Å². The number of ether oxygens (including phenoxy) is 2. The van der Waals surface area contributed by atoms with Gasteiger partial charge in [-0.3, -0.25) is 9.59 Å². The van der Waals surface area contributed by atoms with Gasteiger partial charge in [-0.25, -0.2) is 0 Å². The largest absolute Gasteiger partial charge is 0.458 e. The average Bonchev–Trinajstić information content (AvgIpc) is 3.16. The van der Waals surface area contributed by atoms with Gasteiger partial charge in [0, 0.05) is 18.8 Å². The maximum absolute atomic E-state index is 12.0. The van der Waals surface area contributed by atoms with Crippen LogP contribution in [-0.2, 0) is 19.1 Å². The Morgan fingerprint density at radius 2 is 1.89 bits per heavy atom. The van der Waals surface area contributed by atoms with E-state index in [4.69, 9.17) is 9.47 Å². The van der Waals surface area contributed by atoms with E-state index in [1.807, 2.05) is 0 Å². The maximum Gasteiger partial charge on any atom is 0.306 e. The van der Waals surface area contributed by atoms with Crippen LogP contribution in [0.25, 0.3) is 0 Å². The number of carbonyl (C=O) groups excluding carboxylic acids is 2. The van der Waals surface area contributed by atoms with E-state index in [1.54, 1.807) is 0 Å². The lowest BCUT2D eigenvalue weighted by molar-refractivity contribution is -0.165. The number of hydrogen-bond acceptors (Lipinski definition) is 4. The minimum atomic E-state index is -0.211. The second kappa shape index (κ2) is 5.96. The summed E-state index contributed by atoms with van der Waals surface area (Å²) in [7, 11) is 0. The molecule has 2 saturated carbocycles. The van der Waals surface area contributed by atoms with Crippen LogP contribution in [0.15, 0.2) is 23.8 Å². The number of rotatable bonds is 1. The molecule has 7 unspecified atom stereocenters. The van der Waals surface area contributed by atoms with Crippen molar-refractivity contribution in [2.75, 3.05) is 0 Å². The Balaban J connectivity index is 1.46. The predicted octanol–water partition coefficient (Wildman–Crippen LogP) is 4.73. The molecule has 0 aromatic rings. The summed E-state index contributed by atoms with van der Waals surface area (Å²) < 4.78 is 11.5. The smallest absolute Gasteiger partial charge is 0.306 e. The molecule has 0 aromatic heterocycles. The van der Waals surface area contributed by atoms with E-state index in [1.165, 1.54) is 25.3 Å². The van der Waals surface area contributed by atoms with Gasteiger partial charge in [-0.1, -0.05) is 26.0 Å². The standard InChI is InChI=1S/C24H32O4/c1-15(25)27-17-6-10-22(2)16(14-17)4-5-18-19(22)7-11-23(3)20(18)8-12-24(23)13-9-21(26)28-24/h4-5,14,17-20H,6-13H2,1-3H3. The fourth-order valence-corrected chi connectivity index (χ4v) is 7.73. The number of allylic oxidation sites excluding steroid dienone is 3. The van der Waals surface area contributed by atoms with E-state index in [2.05, 4.69) is 32.1 Å². The van der Waals surface area contributed by atoms with Crippen molar-refractivity contribution >= 4 is 11.9 Å². The molecule has 1 spiro atoms. The van der Waals surface area contributed by atoms with Gasteiger partial charge in [0.05, 0.1) is 0 Å². The first-order valence-corrected chi connectivity index (χ1v) is 11.1. The molecule has 1 saturated heterocycles. The molecular weight excluding hydrogens is 352 g/mol. The Labute approximate surface area is 167 Å². The van der Waals surface area contributed by atoms with Crippen molar-refractivity contribution in [1.82, 2.24) is 0 Å². The predicted molar refractivity (Wildman–Crippen MR) is 105 cm³/mol. The van der Waals surface area contributed by atoms with Crippen LogP contribution in [0.2, 0.25) is 0 Å². The number of esters is 2. The fourth-order valence-electron chi connectivity index (χ4n) is 7.73. The number of carbonyl (C=O) groups is 2. The van der Waals surface area contributed by atoms with Gasteiger partial charge in [-0.15, -0.1) is 0 Å². The highest BCUT2D eigenvalue weighted by atomic mass is 16.6. The van der Waals surface area contributed by atoms with Crippen molar-refractivity contribution < 1.29 is 19.1 Å². The SMILES string of the molecule is CC(=O)OC1C=C2C=CC3C(CCC4(C)C3CCC43CCC(=O)O3)C2(C)CC1. The van der Waals surface area contributed by atoms with Crippen molar-refractivity contribution in [1.29, 1.82) is 0 Å². The Morgan fingerprint density at radius 3 is 2.61 bits per heavy atom. The summed E-state index contributed by atoms with van der Waals surface area (Å²) in [5.41, 5.74) is 1.42. The second-order valence-electron chi connectivity index (χ2n) is 10.3. The highest BCUT2D eigenvalue weighted by Gasteiger charge is 2.66. The van der Waals surface area contributed by atoms with Crippen LogP contribution in [0.5, 0.6) is 0 Å². The molecule has 4 heteroatoms. The van der Waals surface area contributed by atoms with E-state index in [-0.39, 0.29) is 34.5 Å². The zero-order valence-electron chi connectivity index (χ0n) is 17.3. The molecule has 1 heterocycles. The molecule has 4 aliphatic carbocycles. The van der Waals surface area contributed by atoms with Crippen LogP contribution in [-0.4, -0.2) is 23.6 Å². The molecule has 0 N–H and O–H groups in total. The van der Waals surface area contributed by atoms with Crippen LogP contribution in [0, 0.1) is 28.6 Å². The van der Waals surface area contributed by atoms with Crippen LogP contribution >= 0.6 is 0 Å². The second-order valence-corrected chi connectivity index (χ2v) is 10.3.